The maximum atomic E-state index is 5.50. The number of halogens is 2. The van der Waals surface area contributed by atoms with Gasteiger partial charge in [0.2, 0.25) is 5.28 Å². The second kappa shape index (κ2) is 3.15. The lowest BCUT2D eigenvalue weighted by Gasteiger charge is -1.85. The topological polar surface area (TPSA) is 54.5 Å². The van der Waals surface area contributed by atoms with Crippen molar-refractivity contribution in [1.29, 1.82) is 0 Å². The predicted molar refractivity (Wildman–Crippen MR) is 47.0 cm³/mol. The largest absolute Gasteiger partial charge is 0.342 e. The molecule has 58 valence electrons. The van der Waals surface area contributed by atoms with Crippen LogP contribution in [0.4, 0.5) is 0 Å². The third kappa shape index (κ3) is 1.49. The average Bonchev–Trinajstić information content (AvgIpc) is 2.33. The summed E-state index contributed by atoms with van der Waals surface area (Å²) in [6.07, 6.45) is 3.15. The van der Waals surface area contributed by atoms with Gasteiger partial charge >= 0.3 is 0 Å². The second-order valence-corrected chi connectivity index (χ2v) is 2.12. The van der Waals surface area contributed by atoms with Gasteiger partial charge in [-0.25, -0.2) is 9.97 Å². The van der Waals surface area contributed by atoms with E-state index in [2.05, 4.69) is 19.9 Å². The van der Waals surface area contributed by atoms with Crippen LogP contribution in [0.5, 0.6) is 0 Å². The molecular weight excluding hydrogens is 231 g/mol. The third-order valence-corrected chi connectivity index (χ3v) is 1.33. The Kier molecular flexibility index (Phi) is 2.41. The van der Waals surface area contributed by atoms with Gasteiger partial charge < -0.3 is 4.98 Å². The minimum atomic E-state index is 0. The highest BCUT2D eigenvalue weighted by Gasteiger charge is 1.96. The van der Waals surface area contributed by atoms with Crippen molar-refractivity contribution < 1.29 is 0 Å². The van der Waals surface area contributed by atoms with Crippen molar-refractivity contribution in [2.75, 3.05) is 0 Å². The maximum absolute atomic E-state index is 5.50. The van der Waals surface area contributed by atoms with E-state index < -0.39 is 0 Å². The van der Waals surface area contributed by atoms with E-state index in [-0.39, 0.29) is 22.3 Å². The molecular formula is C5H4BrClN4. The van der Waals surface area contributed by atoms with Crippen molar-refractivity contribution in [1.82, 2.24) is 19.9 Å². The monoisotopic (exact) mass is 234 g/mol. The fourth-order valence-corrected chi connectivity index (χ4v) is 0.844. The van der Waals surface area contributed by atoms with Crippen LogP contribution in [0.15, 0.2) is 12.5 Å². The molecule has 0 saturated carbocycles. The number of aromatic amines is 1. The molecule has 2 aromatic rings. The Morgan fingerprint density at radius 1 is 1.36 bits per heavy atom. The summed E-state index contributed by atoms with van der Waals surface area (Å²) in [4.78, 5) is 14.4. The molecule has 0 radical (unpaired) electrons. The van der Waals surface area contributed by atoms with E-state index in [9.17, 15) is 0 Å². The number of imidazole rings is 1. The van der Waals surface area contributed by atoms with E-state index in [1.807, 2.05) is 0 Å². The lowest BCUT2D eigenvalue weighted by atomic mass is 10.6. The smallest absolute Gasteiger partial charge is 0.224 e. The first kappa shape index (κ1) is 8.42. The summed E-state index contributed by atoms with van der Waals surface area (Å²) in [5.41, 5.74) is 1.39. The molecule has 0 amide bonds. The number of rotatable bonds is 0. The fraction of sp³-hybridized carbons (Fsp3) is 0. The standard InChI is InChI=1S/C5H3ClN4.BrH/c6-5-7-1-3-4(10-5)9-2-8-3;/h1-2H,(H,7,8,9,10);1H. The summed E-state index contributed by atoms with van der Waals surface area (Å²) in [5, 5.41) is 0.222. The minimum Gasteiger partial charge on any atom is -0.342 e. The zero-order chi connectivity index (χ0) is 6.97. The van der Waals surface area contributed by atoms with Crippen LogP contribution in [0.25, 0.3) is 11.2 Å². The number of fused-ring (bicyclic) bond motifs is 1. The Labute approximate surface area is 77.8 Å². The molecule has 11 heavy (non-hydrogen) atoms. The molecule has 2 aromatic heterocycles. The van der Waals surface area contributed by atoms with Gasteiger partial charge in [-0.3, -0.25) is 0 Å². The van der Waals surface area contributed by atoms with Gasteiger partial charge in [0.15, 0.2) is 5.65 Å². The summed E-state index contributed by atoms with van der Waals surface area (Å²) in [6.45, 7) is 0. The lowest BCUT2D eigenvalue weighted by Crippen LogP contribution is -1.81. The molecule has 2 heterocycles. The Morgan fingerprint density at radius 3 is 3.00 bits per heavy atom. The van der Waals surface area contributed by atoms with Crippen LogP contribution in [0, 0.1) is 0 Å². The molecule has 1 N–H and O–H groups in total. The number of H-pyrrole nitrogens is 1. The van der Waals surface area contributed by atoms with Crippen molar-refractivity contribution in [3.05, 3.63) is 17.8 Å². The molecule has 6 heteroatoms. The second-order valence-electron chi connectivity index (χ2n) is 1.78. The molecule has 0 spiro atoms. The summed E-state index contributed by atoms with van der Waals surface area (Å²) >= 11 is 5.50. The molecule has 0 aliphatic rings. The number of hydrogen-bond donors (Lipinski definition) is 1. The first-order valence-corrected chi connectivity index (χ1v) is 3.06. The van der Waals surface area contributed by atoms with Gasteiger partial charge in [0.05, 0.1) is 12.5 Å². The Morgan fingerprint density at radius 2 is 2.18 bits per heavy atom. The summed E-state index contributed by atoms with van der Waals surface area (Å²) in [6, 6.07) is 0. The molecule has 0 atom stereocenters. The van der Waals surface area contributed by atoms with Crippen LogP contribution < -0.4 is 0 Å². The van der Waals surface area contributed by atoms with Crippen molar-refractivity contribution in [2.24, 2.45) is 0 Å². The summed E-state index contributed by atoms with van der Waals surface area (Å²) in [5.74, 6) is 0. The molecule has 0 aromatic carbocycles. The van der Waals surface area contributed by atoms with E-state index in [4.69, 9.17) is 11.6 Å². The SMILES string of the molecule is Br.Clc1ncc2[nH]cnc2n1. The number of nitrogens with zero attached hydrogens (tertiary/aromatic N) is 3. The van der Waals surface area contributed by atoms with Gasteiger partial charge in [0, 0.05) is 0 Å². The van der Waals surface area contributed by atoms with Gasteiger partial charge in [-0.1, -0.05) is 0 Å². The van der Waals surface area contributed by atoms with Crippen molar-refractivity contribution in [3.63, 3.8) is 0 Å². The lowest BCUT2D eigenvalue weighted by molar-refractivity contribution is 1.20. The van der Waals surface area contributed by atoms with Crippen LogP contribution >= 0.6 is 28.6 Å². The van der Waals surface area contributed by atoms with Crippen molar-refractivity contribution in [3.8, 4) is 0 Å². The van der Waals surface area contributed by atoms with E-state index >= 15 is 0 Å². The normalized spacial score (nSPS) is 9.55. The van der Waals surface area contributed by atoms with Crippen LogP contribution in [0.1, 0.15) is 0 Å². The molecule has 0 aliphatic heterocycles. The fourth-order valence-electron chi connectivity index (χ4n) is 0.715. The highest BCUT2D eigenvalue weighted by Crippen LogP contribution is 2.06. The average molecular weight is 235 g/mol. The quantitative estimate of drug-likeness (QED) is 0.706. The van der Waals surface area contributed by atoms with Crippen molar-refractivity contribution >= 4 is 39.7 Å². The first-order valence-electron chi connectivity index (χ1n) is 2.68. The summed E-state index contributed by atoms with van der Waals surface area (Å²) in [7, 11) is 0. The van der Waals surface area contributed by atoms with Gasteiger partial charge in [-0.05, 0) is 11.6 Å². The summed E-state index contributed by atoms with van der Waals surface area (Å²) < 4.78 is 0. The number of nitrogens with one attached hydrogen (secondary N) is 1. The maximum Gasteiger partial charge on any atom is 0.224 e. The van der Waals surface area contributed by atoms with Crippen LogP contribution in [0.3, 0.4) is 0 Å². The van der Waals surface area contributed by atoms with Gasteiger partial charge in [0.25, 0.3) is 0 Å². The minimum absolute atomic E-state index is 0. The molecule has 4 nitrogen and oxygen atoms in total. The van der Waals surface area contributed by atoms with Gasteiger partial charge in [-0.2, -0.15) is 4.98 Å². The molecule has 0 fully saturated rings. The van der Waals surface area contributed by atoms with E-state index in [1.165, 1.54) is 0 Å². The molecule has 0 unspecified atom stereocenters. The van der Waals surface area contributed by atoms with E-state index in [0.717, 1.165) is 5.52 Å². The Bertz CT molecular complexity index is 360. The number of hydrogen-bond acceptors (Lipinski definition) is 3. The van der Waals surface area contributed by atoms with Gasteiger partial charge in [0.1, 0.15) is 5.52 Å². The first-order chi connectivity index (χ1) is 4.86. The van der Waals surface area contributed by atoms with Crippen LogP contribution in [0.2, 0.25) is 5.28 Å². The van der Waals surface area contributed by atoms with E-state index in [1.54, 1.807) is 12.5 Å². The molecule has 0 saturated heterocycles. The highest BCUT2D eigenvalue weighted by atomic mass is 79.9. The molecule has 2 rings (SSSR count). The van der Waals surface area contributed by atoms with Crippen LogP contribution in [-0.2, 0) is 0 Å². The van der Waals surface area contributed by atoms with Crippen LogP contribution in [-0.4, -0.2) is 19.9 Å². The van der Waals surface area contributed by atoms with E-state index in [0.29, 0.717) is 5.65 Å². The molecule has 0 aliphatic carbocycles. The Balaban J connectivity index is 0.000000605. The Hall–Kier alpha value is -0.680. The van der Waals surface area contributed by atoms with Gasteiger partial charge in [-0.15, -0.1) is 17.0 Å². The molecule has 0 bridgehead atoms. The number of aromatic nitrogens is 4. The predicted octanol–water partition coefficient (Wildman–Crippen LogP) is 1.58. The zero-order valence-corrected chi connectivity index (χ0v) is 7.75. The highest BCUT2D eigenvalue weighted by molar-refractivity contribution is 8.93. The zero-order valence-electron chi connectivity index (χ0n) is 5.28. The third-order valence-electron chi connectivity index (χ3n) is 1.15. The van der Waals surface area contributed by atoms with Crippen molar-refractivity contribution in [2.45, 2.75) is 0 Å².